The van der Waals surface area contributed by atoms with E-state index in [0.29, 0.717) is 19.6 Å². The first-order valence-corrected chi connectivity index (χ1v) is 9.22. The standard InChI is InChI=1S/C15H21FN2O4S/c1-22-8-7-18(14-6-9-23(20,21)11-14)15(19)17-10-12-2-4-13(16)5-3-12/h2-5,14H,6-11H2,1H3,(H,17,19). The van der Waals surface area contributed by atoms with Crippen LogP contribution >= 0.6 is 0 Å². The maximum atomic E-state index is 12.9. The van der Waals surface area contributed by atoms with E-state index in [1.165, 1.54) is 24.1 Å². The van der Waals surface area contributed by atoms with Gasteiger partial charge in [0.15, 0.2) is 9.84 Å². The molecule has 1 N–H and O–H groups in total. The largest absolute Gasteiger partial charge is 0.383 e. The highest BCUT2D eigenvalue weighted by Gasteiger charge is 2.34. The summed E-state index contributed by atoms with van der Waals surface area (Å²) in [6, 6.07) is 5.17. The van der Waals surface area contributed by atoms with Crippen molar-refractivity contribution in [3.05, 3.63) is 35.6 Å². The Morgan fingerprint density at radius 3 is 2.65 bits per heavy atom. The fourth-order valence-electron chi connectivity index (χ4n) is 2.54. The number of amides is 2. The summed E-state index contributed by atoms with van der Waals surface area (Å²) in [5.41, 5.74) is 0.769. The molecule has 0 bridgehead atoms. The molecule has 1 heterocycles. The van der Waals surface area contributed by atoms with E-state index in [-0.39, 0.29) is 35.9 Å². The molecule has 8 heteroatoms. The van der Waals surface area contributed by atoms with Gasteiger partial charge in [0, 0.05) is 26.2 Å². The molecule has 1 aliphatic heterocycles. The number of nitrogens with zero attached hydrogens (tertiary/aromatic N) is 1. The second-order valence-corrected chi connectivity index (χ2v) is 7.76. The molecule has 0 spiro atoms. The highest BCUT2D eigenvalue weighted by Crippen LogP contribution is 2.18. The third kappa shape index (κ3) is 5.18. The molecule has 1 fully saturated rings. The summed E-state index contributed by atoms with van der Waals surface area (Å²) < 4.78 is 41.1. The van der Waals surface area contributed by atoms with Gasteiger partial charge in [-0.25, -0.2) is 17.6 Å². The highest BCUT2D eigenvalue weighted by molar-refractivity contribution is 7.91. The molecule has 23 heavy (non-hydrogen) atoms. The van der Waals surface area contributed by atoms with Gasteiger partial charge in [-0.3, -0.25) is 0 Å². The van der Waals surface area contributed by atoms with E-state index in [4.69, 9.17) is 4.74 Å². The predicted octanol–water partition coefficient (Wildman–Crippen LogP) is 1.17. The number of halogens is 1. The van der Waals surface area contributed by atoms with Crippen LogP contribution in [0.1, 0.15) is 12.0 Å². The minimum Gasteiger partial charge on any atom is -0.383 e. The number of nitrogens with one attached hydrogen (secondary N) is 1. The van der Waals surface area contributed by atoms with E-state index in [1.54, 1.807) is 12.1 Å². The zero-order valence-electron chi connectivity index (χ0n) is 13.0. The molecular formula is C15H21FN2O4S. The van der Waals surface area contributed by atoms with Crippen LogP contribution in [-0.4, -0.2) is 57.2 Å². The van der Waals surface area contributed by atoms with Crippen molar-refractivity contribution in [3.8, 4) is 0 Å². The first kappa shape index (κ1) is 17.7. The summed E-state index contributed by atoms with van der Waals surface area (Å²) in [5, 5.41) is 2.75. The maximum absolute atomic E-state index is 12.9. The molecule has 0 saturated carbocycles. The van der Waals surface area contributed by atoms with Crippen LogP contribution in [0.15, 0.2) is 24.3 Å². The monoisotopic (exact) mass is 344 g/mol. The molecule has 2 rings (SSSR count). The van der Waals surface area contributed by atoms with Gasteiger partial charge in [-0.1, -0.05) is 12.1 Å². The zero-order chi connectivity index (χ0) is 16.9. The van der Waals surface area contributed by atoms with E-state index in [9.17, 15) is 17.6 Å². The van der Waals surface area contributed by atoms with Crippen molar-refractivity contribution in [1.82, 2.24) is 10.2 Å². The Balaban J connectivity index is 1.97. The molecule has 1 unspecified atom stereocenters. The molecule has 6 nitrogen and oxygen atoms in total. The Morgan fingerprint density at radius 1 is 1.39 bits per heavy atom. The van der Waals surface area contributed by atoms with Crippen molar-refractivity contribution < 1.29 is 22.3 Å². The number of hydrogen-bond donors (Lipinski definition) is 1. The molecule has 1 aromatic carbocycles. The Kier molecular flexibility index (Phi) is 5.95. The number of carbonyl (C=O) groups excluding carboxylic acids is 1. The number of hydrogen-bond acceptors (Lipinski definition) is 4. The van der Waals surface area contributed by atoms with Crippen LogP contribution in [0.3, 0.4) is 0 Å². The Hall–Kier alpha value is -1.67. The van der Waals surface area contributed by atoms with Crippen LogP contribution in [-0.2, 0) is 21.1 Å². The van der Waals surface area contributed by atoms with Gasteiger partial charge in [-0.15, -0.1) is 0 Å². The quantitative estimate of drug-likeness (QED) is 0.841. The minimum absolute atomic E-state index is 0.0132. The van der Waals surface area contributed by atoms with Crippen molar-refractivity contribution >= 4 is 15.9 Å². The van der Waals surface area contributed by atoms with Gasteiger partial charge >= 0.3 is 6.03 Å². The summed E-state index contributed by atoms with van der Waals surface area (Å²) in [5.74, 6) is -0.245. The first-order chi connectivity index (χ1) is 10.9. The van der Waals surface area contributed by atoms with E-state index < -0.39 is 9.84 Å². The second kappa shape index (κ2) is 7.74. The summed E-state index contributed by atoms with van der Waals surface area (Å²) in [4.78, 5) is 13.9. The second-order valence-electron chi connectivity index (χ2n) is 5.53. The van der Waals surface area contributed by atoms with E-state index in [2.05, 4.69) is 5.32 Å². The van der Waals surface area contributed by atoms with E-state index in [0.717, 1.165) is 5.56 Å². The van der Waals surface area contributed by atoms with Crippen LogP contribution in [0.2, 0.25) is 0 Å². The normalized spacial score (nSPS) is 19.5. The van der Waals surface area contributed by atoms with Gasteiger partial charge < -0.3 is 15.0 Å². The van der Waals surface area contributed by atoms with Gasteiger partial charge in [0.05, 0.1) is 18.1 Å². The lowest BCUT2D eigenvalue weighted by Crippen LogP contribution is -2.48. The van der Waals surface area contributed by atoms with Crippen molar-refractivity contribution in [2.45, 2.75) is 19.0 Å². The number of ether oxygens (including phenoxy) is 1. The van der Waals surface area contributed by atoms with Crippen LogP contribution in [0.25, 0.3) is 0 Å². The van der Waals surface area contributed by atoms with Gasteiger partial charge in [-0.2, -0.15) is 0 Å². The summed E-state index contributed by atoms with van der Waals surface area (Å²) >= 11 is 0. The number of sulfone groups is 1. The van der Waals surface area contributed by atoms with Crippen molar-refractivity contribution in [2.75, 3.05) is 31.8 Å². The van der Waals surface area contributed by atoms with Gasteiger partial charge in [0.25, 0.3) is 0 Å². The SMILES string of the molecule is COCCN(C(=O)NCc1ccc(F)cc1)C1CCS(=O)(=O)C1. The lowest BCUT2D eigenvalue weighted by atomic mass is 10.2. The maximum Gasteiger partial charge on any atom is 0.318 e. The molecule has 1 atom stereocenters. The van der Waals surface area contributed by atoms with Crippen LogP contribution in [0.5, 0.6) is 0 Å². The Bertz CT molecular complexity index is 633. The minimum atomic E-state index is -3.08. The van der Waals surface area contributed by atoms with Crippen LogP contribution < -0.4 is 5.32 Å². The Morgan fingerprint density at radius 2 is 2.09 bits per heavy atom. The average Bonchev–Trinajstić information content (AvgIpc) is 2.87. The lowest BCUT2D eigenvalue weighted by Gasteiger charge is -2.28. The summed E-state index contributed by atoms with van der Waals surface area (Å²) in [6.45, 7) is 0.911. The molecule has 128 valence electrons. The van der Waals surface area contributed by atoms with Crippen molar-refractivity contribution in [3.63, 3.8) is 0 Å². The van der Waals surface area contributed by atoms with Crippen molar-refractivity contribution in [2.24, 2.45) is 0 Å². The van der Waals surface area contributed by atoms with Crippen LogP contribution in [0, 0.1) is 5.82 Å². The summed E-state index contributed by atoms with van der Waals surface area (Å²) in [6.07, 6.45) is 0.440. The predicted molar refractivity (Wildman–Crippen MR) is 84.3 cm³/mol. The number of urea groups is 1. The number of carbonyl (C=O) groups is 1. The molecule has 2 amide bonds. The van der Waals surface area contributed by atoms with Crippen molar-refractivity contribution in [1.29, 1.82) is 0 Å². The molecular weight excluding hydrogens is 323 g/mol. The van der Waals surface area contributed by atoms with Gasteiger partial charge in [-0.05, 0) is 24.1 Å². The Labute approximate surface area is 135 Å². The average molecular weight is 344 g/mol. The van der Waals surface area contributed by atoms with E-state index in [1.807, 2.05) is 0 Å². The zero-order valence-corrected chi connectivity index (χ0v) is 13.8. The number of methoxy groups -OCH3 is 1. The molecule has 0 aromatic heterocycles. The molecule has 0 aliphatic carbocycles. The topological polar surface area (TPSA) is 75.7 Å². The van der Waals surface area contributed by atoms with Crippen LogP contribution in [0.4, 0.5) is 9.18 Å². The third-order valence-electron chi connectivity index (χ3n) is 3.80. The number of benzene rings is 1. The van der Waals surface area contributed by atoms with Gasteiger partial charge in [0.2, 0.25) is 0 Å². The highest BCUT2D eigenvalue weighted by atomic mass is 32.2. The lowest BCUT2D eigenvalue weighted by molar-refractivity contribution is 0.133. The third-order valence-corrected chi connectivity index (χ3v) is 5.55. The van der Waals surface area contributed by atoms with Gasteiger partial charge in [0.1, 0.15) is 5.82 Å². The molecule has 0 radical (unpaired) electrons. The van der Waals surface area contributed by atoms with E-state index >= 15 is 0 Å². The molecule has 1 saturated heterocycles. The number of rotatable bonds is 6. The summed E-state index contributed by atoms with van der Waals surface area (Å²) in [7, 11) is -1.55. The fraction of sp³-hybridized carbons (Fsp3) is 0.533. The molecule has 1 aromatic rings. The molecule has 1 aliphatic rings. The smallest absolute Gasteiger partial charge is 0.318 e. The fourth-order valence-corrected chi connectivity index (χ4v) is 4.27. The first-order valence-electron chi connectivity index (χ1n) is 7.39.